The molecule has 14 nitrogen and oxygen atoms in total. The van der Waals surface area contributed by atoms with Gasteiger partial charge in [0.2, 0.25) is 5.91 Å². The first kappa shape index (κ1) is 27.2. The van der Waals surface area contributed by atoms with E-state index in [1.54, 1.807) is 9.80 Å². The van der Waals surface area contributed by atoms with Crippen LogP contribution in [-0.4, -0.2) is 143 Å². The van der Waals surface area contributed by atoms with Crippen LogP contribution in [0.4, 0.5) is 0 Å². The van der Waals surface area contributed by atoms with Gasteiger partial charge < -0.3 is 31.1 Å². The molecule has 0 saturated carbocycles. The molecule has 0 spiro atoms. The molecule has 1 heterocycles. The molecule has 6 N–H and O–H groups in total. The van der Waals surface area contributed by atoms with Crippen LogP contribution in [0.15, 0.2) is 0 Å². The summed E-state index contributed by atoms with van der Waals surface area (Å²) in [5.41, 5.74) is 0. The third-order valence-electron chi connectivity index (χ3n) is 4.81. The van der Waals surface area contributed by atoms with E-state index in [-0.39, 0.29) is 52.2 Å². The second-order valence-corrected chi connectivity index (χ2v) is 7.44. The molecule has 0 aromatic rings. The highest BCUT2D eigenvalue weighted by atomic mass is 16.4. The first-order valence-corrected chi connectivity index (χ1v) is 10.1. The minimum Gasteiger partial charge on any atom is -0.480 e. The average molecular weight is 461 g/mol. The van der Waals surface area contributed by atoms with Crippen LogP contribution in [-0.2, 0) is 24.0 Å². The third-order valence-corrected chi connectivity index (χ3v) is 4.81. The Labute approximate surface area is 184 Å². The van der Waals surface area contributed by atoms with Crippen LogP contribution in [0.5, 0.6) is 0 Å². The fourth-order valence-electron chi connectivity index (χ4n) is 3.39. The summed E-state index contributed by atoms with van der Waals surface area (Å²) in [7, 11) is 0. The molecule has 0 aromatic heterocycles. The van der Waals surface area contributed by atoms with Crippen molar-refractivity contribution in [2.24, 2.45) is 0 Å². The summed E-state index contributed by atoms with van der Waals surface area (Å²) in [6, 6.07) is -0.701. The van der Waals surface area contributed by atoms with Gasteiger partial charge >= 0.3 is 23.9 Å². The number of carboxylic acids is 4. The molecule has 1 unspecified atom stereocenters. The van der Waals surface area contributed by atoms with Crippen LogP contribution in [0.1, 0.15) is 6.42 Å². The zero-order valence-corrected chi connectivity index (χ0v) is 17.7. The van der Waals surface area contributed by atoms with E-state index in [2.05, 4.69) is 10.6 Å². The molecule has 0 aliphatic carbocycles. The van der Waals surface area contributed by atoms with Crippen molar-refractivity contribution >= 4 is 29.8 Å². The summed E-state index contributed by atoms with van der Waals surface area (Å²) in [4.78, 5) is 61.5. The summed E-state index contributed by atoms with van der Waals surface area (Å²) in [5, 5.41) is 41.8. The standard InChI is InChI=1S/C18H31N5O9/c24-14(20-8-15(25)26)7-13-9-22(11-17(29)30)6-5-21(10-16(27)28)3-1-19-2-4-23(13)12-18(31)32/h13,19H,1-12H2,(H,20,24)(H,25,26)(H,27,28)(H,29,30)(H,31,32). The summed E-state index contributed by atoms with van der Waals surface area (Å²) in [5.74, 6) is -5.08. The summed E-state index contributed by atoms with van der Waals surface area (Å²) in [6.07, 6.45) is -0.227. The van der Waals surface area contributed by atoms with E-state index in [9.17, 15) is 34.2 Å². The highest BCUT2D eigenvalue weighted by molar-refractivity contribution is 5.81. The topological polar surface area (TPSA) is 200 Å². The molecule has 0 aromatic carbocycles. The Kier molecular flexibility index (Phi) is 12.2. The largest absolute Gasteiger partial charge is 0.480 e. The Morgan fingerprint density at radius 1 is 0.750 bits per heavy atom. The molecule has 14 heteroatoms. The Morgan fingerprint density at radius 3 is 1.91 bits per heavy atom. The molecule has 0 radical (unpaired) electrons. The van der Waals surface area contributed by atoms with E-state index in [4.69, 9.17) is 10.2 Å². The van der Waals surface area contributed by atoms with Gasteiger partial charge in [-0.25, -0.2) is 0 Å². The number of amides is 1. The molecule has 1 saturated heterocycles. The van der Waals surface area contributed by atoms with E-state index in [0.717, 1.165) is 0 Å². The predicted octanol–water partition coefficient (Wildman–Crippen LogP) is -3.29. The Hall–Kier alpha value is -2.81. The second-order valence-electron chi connectivity index (χ2n) is 7.44. The van der Waals surface area contributed by atoms with Gasteiger partial charge in [0, 0.05) is 58.3 Å². The quantitative estimate of drug-likeness (QED) is 0.189. The number of nitrogens with zero attached hydrogens (tertiary/aromatic N) is 3. The molecule has 1 fully saturated rings. The molecule has 1 aliphatic heterocycles. The van der Waals surface area contributed by atoms with E-state index >= 15 is 0 Å². The minimum atomic E-state index is -1.23. The molecule has 182 valence electrons. The van der Waals surface area contributed by atoms with E-state index in [0.29, 0.717) is 19.6 Å². The number of carbonyl (C=O) groups excluding carboxylic acids is 1. The second kappa shape index (κ2) is 14.3. The third kappa shape index (κ3) is 12.1. The monoisotopic (exact) mass is 461 g/mol. The minimum absolute atomic E-state index is 0.0288. The first-order chi connectivity index (χ1) is 15.1. The number of nitrogens with one attached hydrogen (secondary N) is 2. The van der Waals surface area contributed by atoms with E-state index < -0.39 is 42.4 Å². The van der Waals surface area contributed by atoms with Crippen molar-refractivity contribution < 1.29 is 44.4 Å². The molecule has 1 rings (SSSR count). The number of carbonyl (C=O) groups is 5. The molecular formula is C18H31N5O9. The normalized spacial score (nSPS) is 19.9. The Morgan fingerprint density at radius 2 is 1.31 bits per heavy atom. The number of rotatable bonds is 10. The van der Waals surface area contributed by atoms with Gasteiger partial charge in [0.05, 0.1) is 19.6 Å². The summed E-state index contributed by atoms with van der Waals surface area (Å²) >= 11 is 0. The van der Waals surface area contributed by atoms with Crippen LogP contribution in [0.25, 0.3) is 0 Å². The molecule has 32 heavy (non-hydrogen) atoms. The lowest BCUT2D eigenvalue weighted by atomic mass is 10.1. The number of carboxylic acid groups (broad SMARTS) is 4. The van der Waals surface area contributed by atoms with Crippen LogP contribution in [0.3, 0.4) is 0 Å². The molecule has 1 amide bonds. The lowest BCUT2D eigenvalue weighted by Crippen LogP contribution is -2.53. The van der Waals surface area contributed by atoms with Gasteiger partial charge in [0.1, 0.15) is 6.54 Å². The zero-order chi connectivity index (χ0) is 24.1. The van der Waals surface area contributed by atoms with Gasteiger partial charge in [-0.2, -0.15) is 0 Å². The van der Waals surface area contributed by atoms with Crippen molar-refractivity contribution in [1.82, 2.24) is 25.3 Å². The first-order valence-electron chi connectivity index (χ1n) is 10.1. The van der Waals surface area contributed by atoms with E-state index in [1.165, 1.54) is 4.90 Å². The predicted molar refractivity (Wildman–Crippen MR) is 109 cm³/mol. The SMILES string of the molecule is O=C(O)CNC(=O)CC1CN(CC(=O)O)CCN(CC(=O)O)CCNCCN1CC(=O)O. The molecular weight excluding hydrogens is 430 g/mol. The fourth-order valence-corrected chi connectivity index (χ4v) is 3.39. The van der Waals surface area contributed by atoms with Crippen molar-refractivity contribution in [3.8, 4) is 0 Å². The zero-order valence-electron chi connectivity index (χ0n) is 17.7. The van der Waals surface area contributed by atoms with Gasteiger partial charge in [-0.15, -0.1) is 0 Å². The highest BCUT2D eigenvalue weighted by Crippen LogP contribution is 2.09. The Bertz CT molecular complexity index is 675. The van der Waals surface area contributed by atoms with Crippen LogP contribution >= 0.6 is 0 Å². The van der Waals surface area contributed by atoms with Gasteiger partial charge in [0.25, 0.3) is 0 Å². The average Bonchev–Trinajstić information content (AvgIpc) is 2.66. The highest BCUT2D eigenvalue weighted by Gasteiger charge is 2.27. The van der Waals surface area contributed by atoms with Crippen molar-refractivity contribution in [3.63, 3.8) is 0 Å². The maximum atomic E-state index is 12.3. The smallest absolute Gasteiger partial charge is 0.322 e. The van der Waals surface area contributed by atoms with Crippen molar-refractivity contribution in [1.29, 1.82) is 0 Å². The van der Waals surface area contributed by atoms with Gasteiger partial charge in [-0.3, -0.25) is 38.7 Å². The summed E-state index contributed by atoms with van der Waals surface area (Å²) in [6.45, 7) is 0.363. The number of hydrogen-bond donors (Lipinski definition) is 6. The van der Waals surface area contributed by atoms with Gasteiger partial charge in [-0.1, -0.05) is 0 Å². The maximum Gasteiger partial charge on any atom is 0.322 e. The van der Waals surface area contributed by atoms with Gasteiger partial charge in [-0.05, 0) is 0 Å². The van der Waals surface area contributed by atoms with Crippen LogP contribution in [0, 0.1) is 0 Å². The number of aliphatic carboxylic acids is 4. The lowest BCUT2D eigenvalue weighted by molar-refractivity contribution is -0.141. The molecule has 1 aliphatic rings. The fraction of sp³-hybridized carbons (Fsp3) is 0.722. The van der Waals surface area contributed by atoms with E-state index in [1.807, 2.05) is 0 Å². The van der Waals surface area contributed by atoms with Crippen molar-refractivity contribution in [2.75, 3.05) is 72.0 Å². The molecule has 0 bridgehead atoms. The lowest BCUT2D eigenvalue weighted by Gasteiger charge is -2.35. The van der Waals surface area contributed by atoms with Crippen molar-refractivity contribution in [2.45, 2.75) is 12.5 Å². The van der Waals surface area contributed by atoms with Gasteiger partial charge in [0.15, 0.2) is 0 Å². The Balaban J connectivity index is 3.06. The summed E-state index contributed by atoms with van der Waals surface area (Å²) < 4.78 is 0. The van der Waals surface area contributed by atoms with Crippen LogP contribution in [0.2, 0.25) is 0 Å². The van der Waals surface area contributed by atoms with Crippen molar-refractivity contribution in [3.05, 3.63) is 0 Å². The maximum absolute atomic E-state index is 12.3. The van der Waals surface area contributed by atoms with Crippen LogP contribution < -0.4 is 10.6 Å². The number of hydrogen-bond acceptors (Lipinski definition) is 9. The molecule has 1 atom stereocenters.